The molecular weight excluding hydrogens is 297 g/mol. The Morgan fingerprint density at radius 3 is 2.91 bits per heavy atom. The number of halogens is 3. The first-order chi connectivity index (χ1) is 10.4. The maximum atomic E-state index is 12.6. The van der Waals surface area contributed by atoms with Crippen molar-refractivity contribution in [2.24, 2.45) is 0 Å². The molecule has 1 aliphatic heterocycles. The van der Waals surface area contributed by atoms with Crippen LogP contribution in [0.15, 0.2) is 24.3 Å². The van der Waals surface area contributed by atoms with Crippen molar-refractivity contribution in [3.8, 4) is 0 Å². The predicted molar refractivity (Wildman–Crippen MR) is 75.4 cm³/mol. The van der Waals surface area contributed by atoms with E-state index in [2.05, 4.69) is 10.6 Å². The third-order valence-electron chi connectivity index (χ3n) is 3.41. The predicted octanol–water partition coefficient (Wildman–Crippen LogP) is 1.74. The molecule has 122 valence electrons. The Balaban J connectivity index is 1.75. The van der Waals surface area contributed by atoms with Crippen LogP contribution in [0.4, 0.5) is 13.2 Å². The lowest BCUT2D eigenvalue weighted by atomic mass is 10.1. The van der Waals surface area contributed by atoms with E-state index in [1.165, 1.54) is 6.07 Å². The summed E-state index contributed by atoms with van der Waals surface area (Å²) in [4.78, 5) is 11.7. The Labute approximate surface area is 127 Å². The standard InChI is InChI=1S/C15H19F3N2O2/c16-15(17,18)12-3-1-2-11(8-12)4-5-20-14(21)9-13-10-19-6-7-22-13/h1-3,8,13,19H,4-7,9-10H2,(H,20,21). The van der Waals surface area contributed by atoms with Crippen molar-refractivity contribution < 1.29 is 22.7 Å². The Morgan fingerprint density at radius 1 is 1.41 bits per heavy atom. The number of hydrogen-bond acceptors (Lipinski definition) is 3. The lowest BCUT2D eigenvalue weighted by Gasteiger charge is -2.23. The van der Waals surface area contributed by atoms with Gasteiger partial charge in [-0.2, -0.15) is 13.2 Å². The molecule has 7 heteroatoms. The number of morpholine rings is 1. The van der Waals surface area contributed by atoms with Gasteiger partial charge in [0, 0.05) is 19.6 Å². The SMILES string of the molecule is O=C(CC1CNCCO1)NCCc1cccc(C(F)(F)F)c1. The summed E-state index contributed by atoms with van der Waals surface area (Å²) in [7, 11) is 0. The number of alkyl halides is 3. The Bertz CT molecular complexity index is 500. The first-order valence-corrected chi connectivity index (χ1v) is 7.20. The maximum absolute atomic E-state index is 12.6. The summed E-state index contributed by atoms with van der Waals surface area (Å²) in [5.41, 5.74) is -0.122. The molecule has 22 heavy (non-hydrogen) atoms. The van der Waals surface area contributed by atoms with E-state index in [1.54, 1.807) is 6.07 Å². The van der Waals surface area contributed by atoms with Crippen molar-refractivity contribution in [2.45, 2.75) is 25.1 Å². The molecule has 1 aliphatic rings. The molecule has 1 unspecified atom stereocenters. The fourth-order valence-electron chi connectivity index (χ4n) is 2.28. The minimum atomic E-state index is -4.34. The van der Waals surface area contributed by atoms with Crippen molar-refractivity contribution in [1.29, 1.82) is 0 Å². The van der Waals surface area contributed by atoms with E-state index in [0.29, 0.717) is 31.7 Å². The molecule has 1 fully saturated rings. The van der Waals surface area contributed by atoms with Gasteiger partial charge < -0.3 is 15.4 Å². The van der Waals surface area contributed by atoms with Crippen molar-refractivity contribution in [2.75, 3.05) is 26.2 Å². The summed E-state index contributed by atoms with van der Waals surface area (Å²) in [6, 6.07) is 5.15. The van der Waals surface area contributed by atoms with Crippen LogP contribution in [0.1, 0.15) is 17.5 Å². The van der Waals surface area contributed by atoms with E-state index in [-0.39, 0.29) is 18.4 Å². The van der Waals surface area contributed by atoms with Gasteiger partial charge in [0.25, 0.3) is 0 Å². The third-order valence-corrected chi connectivity index (χ3v) is 3.41. The Hall–Kier alpha value is -1.60. The molecule has 1 amide bonds. The van der Waals surface area contributed by atoms with E-state index < -0.39 is 11.7 Å². The van der Waals surface area contributed by atoms with Crippen molar-refractivity contribution in [1.82, 2.24) is 10.6 Å². The number of nitrogens with one attached hydrogen (secondary N) is 2. The molecule has 1 aromatic carbocycles. The molecule has 0 aromatic heterocycles. The second kappa shape index (κ2) is 7.60. The molecule has 1 atom stereocenters. The Morgan fingerprint density at radius 2 is 2.23 bits per heavy atom. The van der Waals surface area contributed by atoms with Crippen LogP contribution >= 0.6 is 0 Å². The van der Waals surface area contributed by atoms with Crippen molar-refractivity contribution in [3.63, 3.8) is 0 Å². The zero-order valence-corrected chi connectivity index (χ0v) is 12.1. The molecule has 0 bridgehead atoms. The molecule has 2 rings (SSSR count). The quantitative estimate of drug-likeness (QED) is 0.870. The zero-order chi connectivity index (χ0) is 16.0. The number of carbonyl (C=O) groups excluding carboxylic acids is 1. The number of amides is 1. The summed E-state index contributed by atoms with van der Waals surface area (Å²) in [6.45, 7) is 2.32. The maximum Gasteiger partial charge on any atom is 0.416 e. The minimum absolute atomic E-state index is 0.137. The molecule has 0 radical (unpaired) electrons. The van der Waals surface area contributed by atoms with Gasteiger partial charge in [0.15, 0.2) is 0 Å². The van der Waals surface area contributed by atoms with Crippen molar-refractivity contribution in [3.05, 3.63) is 35.4 Å². The number of hydrogen-bond donors (Lipinski definition) is 2. The summed E-state index contributed by atoms with van der Waals surface area (Å²) in [6.07, 6.45) is -3.86. The van der Waals surface area contributed by atoms with E-state index in [1.807, 2.05) is 0 Å². The highest BCUT2D eigenvalue weighted by Crippen LogP contribution is 2.29. The van der Waals surface area contributed by atoms with Crippen LogP contribution in [0.25, 0.3) is 0 Å². The summed E-state index contributed by atoms with van der Waals surface area (Å²) in [5.74, 6) is -0.152. The van der Waals surface area contributed by atoms with Gasteiger partial charge in [-0.1, -0.05) is 18.2 Å². The van der Waals surface area contributed by atoms with Crippen LogP contribution in [-0.2, 0) is 22.1 Å². The van der Waals surface area contributed by atoms with E-state index in [0.717, 1.165) is 18.7 Å². The van der Waals surface area contributed by atoms with Crippen LogP contribution in [0.2, 0.25) is 0 Å². The van der Waals surface area contributed by atoms with Gasteiger partial charge in [0.1, 0.15) is 0 Å². The third kappa shape index (κ3) is 5.31. The average Bonchev–Trinajstić information content (AvgIpc) is 2.48. The molecule has 1 aromatic rings. The lowest BCUT2D eigenvalue weighted by Crippen LogP contribution is -2.41. The normalized spacial score (nSPS) is 19.0. The van der Waals surface area contributed by atoms with E-state index in [9.17, 15) is 18.0 Å². The van der Waals surface area contributed by atoms with E-state index >= 15 is 0 Å². The molecule has 1 heterocycles. The smallest absolute Gasteiger partial charge is 0.375 e. The first-order valence-electron chi connectivity index (χ1n) is 7.20. The molecule has 0 spiro atoms. The largest absolute Gasteiger partial charge is 0.416 e. The molecular formula is C15H19F3N2O2. The van der Waals surface area contributed by atoms with Gasteiger partial charge in [-0.05, 0) is 18.1 Å². The topological polar surface area (TPSA) is 50.4 Å². The average molecular weight is 316 g/mol. The van der Waals surface area contributed by atoms with Gasteiger partial charge in [-0.15, -0.1) is 0 Å². The second-order valence-corrected chi connectivity index (χ2v) is 5.20. The fraction of sp³-hybridized carbons (Fsp3) is 0.533. The fourth-order valence-corrected chi connectivity index (χ4v) is 2.28. The molecule has 2 N–H and O–H groups in total. The van der Waals surface area contributed by atoms with E-state index in [4.69, 9.17) is 4.74 Å². The van der Waals surface area contributed by atoms with Gasteiger partial charge in [0.2, 0.25) is 5.91 Å². The number of ether oxygens (including phenoxy) is 1. The highest BCUT2D eigenvalue weighted by atomic mass is 19.4. The van der Waals surface area contributed by atoms with Crippen LogP contribution in [0.3, 0.4) is 0 Å². The highest BCUT2D eigenvalue weighted by molar-refractivity contribution is 5.76. The van der Waals surface area contributed by atoms with Crippen LogP contribution in [-0.4, -0.2) is 38.3 Å². The summed E-state index contributed by atoms with van der Waals surface area (Å²) < 4.78 is 43.2. The number of benzene rings is 1. The minimum Gasteiger partial charge on any atom is -0.375 e. The molecule has 0 aliphatic carbocycles. The van der Waals surface area contributed by atoms with Gasteiger partial charge in [0.05, 0.1) is 24.7 Å². The van der Waals surface area contributed by atoms with Crippen LogP contribution in [0, 0.1) is 0 Å². The zero-order valence-electron chi connectivity index (χ0n) is 12.1. The lowest BCUT2D eigenvalue weighted by molar-refractivity contribution is -0.137. The summed E-state index contributed by atoms with van der Waals surface area (Å²) in [5, 5.41) is 5.84. The van der Waals surface area contributed by atoms with Crippen LogP contribution < -0.4 is 10.6 Å². The van der Waals surface area contributed by atoms with Crippen molar-refractivity contribution >= 4 is 5.91 Å². The first kappa shape index (κ1) is 16.8. The summed E-state index contributed by atoms with van der Waals surface area (Å²) >= 11 is 0. The monoisotopic (exact) mass is 316 g/mol. The molecule has 0 saturated carbocycles. The highest BCUT2D eigenvalue weighted by Gasteiger charge is 2.30. The Kier molecular flexibility index (Phi) is 5.79. The second-order valence-electron chi connectivity index (χ2n) is 5.20. The molecule has 1 saturated heterocycles. The van der Waals surface area contributed by atoms with Gasteiger partial charge >= 0.3 is 6.18 Å². The molecule has 4 nitrogen and oxygen atoms in total. The number of rotatable bonds is 5. The number of carbonyl (C=O) groups is 1. The van der Waals surface area contributed by atoms with Gasteiger partial charge in [-0.25, -0.2) is 0 Å². The van der Waals surface area contributed by atoms with Gasteiger partial charge in [-0.3, -0.25) is 4.79 Å². The van der Waals surface area contributed by atoms with Crippen LogP contribution in [0.5, 0.6) is 0 Å².